The maximum absolute atomic E-state index is 10.1. The first kappa shape index (κ1) is 14.0. The molecule has 1 amide bonds. The van der Waals surface area contributed by atoms with Gasteiger partial charge in [-0.3, -0.25) is 4.84 Å². The average molecular weight is 251 g/mol. The Kier molecular flexibility index (Phi) is 5.66. The fraction of sp³-hybridized carbons (Fsp3) is 0.333. The number of hydroxylamine groups is 2. The van der Waals surface area contributed by atoms with E-state index in [0.717, 1.165) is 16.1 Å². The van der Waals surface area contributed by atoms with E-state index in [4.69, 9.17) is 5.11 Å². The minimum atomic E-state index is -1.04. The normalized spacial score (nSPS) is 9.67. The lowest BCUT2D eigenvalue weighted by Gasteiger charge is -2.13. The summed E-state index contributed by atoms with van der Waals surface area (Å²) in [5.41, 5.74) is 2.12. The molecule has 2 aromatic rings. The number of carbonyl (C=O) groups is 1. The Morgan fingerprint density at radius 1 is 1.44 bits per heavy atom. The number of aromatic amines is 1. The third-order valence-corrected chi connectivity index (χ3v) is 2.11. The van der Waals surface area contributed by atoms with E-state index in [1.165, 1.54) is 0 Å². The number of para-hydroxylation sites is 2. The summed E-state index contributed by atoms with van der Waals surface area (Å²) in [5.74, 6) is 0. The van der Waals surface area contributed by atoms with Crippen LogP contribution in [0.3, 0.4) is 0 Å². The molecule has 0 atom stereocenters. The van der Waals surface area contributed by atoms with E-state index >= 15 is 0 Å². The van der Waals surface area contributed by atoms with E-state index in [9.17, 15) is 4.79 Å². The van der Waals surface area contributed by atoms with Crippen LogP contribution in [0.4, 0.5) is 4.79 Å². The van der Waals surface area contributed by atoms with E-state index in [0.29, 0.717) is 13.2 Å². The molecular weight excluding hydrogens is 234 g/mol. The van der Waals surface area contributed by atoms with Gasteiger partial charge in [0.2, 0.25) is 0 Å². The van der Waals surface area contributed by atoms with Crippen LogP contribution in [0.15, 0.2) is 30.6 Å². The predicted octanol–water partition coefficient (Wildman–Crippen LogP) is 2.50. The Labute approximate surface area is 105 Å². The second kappa shape index (κ2) is 7.29. The summed E-state index contributed by atoms with van der Waals surface area (Å²) in [6.45, 7) is 4.21. The minimum Gasteiger partial charge on any atom is -0.463 e. The smallest absolute Gasteiger partial charge is 0.431 e. The summed E-state index contributed by atoms with van der Waals surface area (Å²) >= 11 is 0. The third kappa shape index (κ3) is 4.06. The summed E-state index contributed by atoms with van der Waals surface area (Å²) in [6, 6.07) is 7.94. The SMILES string of the molecule is CCON(CC)C(=O)O.c1ccc2[nH]cnc2c1. The summed E-state index contributed by atoms with van der Waals surface area (Å²) in [6.07, 6.45) is 0.657. The summed E-state index contributed by atoms with van der Waals surface area (Å²) in [5, 5.41) is 9.19. The van der Waals surface area contributed by atoms with Crippen LogP contribution in [0.5, 0.6) is 0 Å². The van der Waals surface area contributed by atoms with Crippen molar-refractivity contribution in [3.05, 3.63) is 30.6 Å². The molecule has 98 valence electrons. The Balaban J connectivity index is 0.000000180. The molecule has 1 heterocycles. The number of hydrogen-bond acceptors (Lipinski definition) is 3. The number of imidazole rings is 1. The lowest BCUT2D eigenvalue weighted by Crippen LogP contribution is -2.29. The van der Waals surface area contributed by atoms with Gasteiger partial charge in [-0.15, -0.1) is 0 Å². The molecule has 0 saturated carbocycles. The fourth-order valence-corrected chi connectivity index (χ4v) is 1.32. The highest BCUT2D eigenvalue weighted by molar-refractivity contribution is 5.73. The summed E-state index contributed by atoms with van der Waals surface area (Å²) in [7, 11) is 0. The monoisotopic (exact) mass is 251 g/mol. The van der Waals surface area contributed by atoms with Gasteiger partial charge in [0.05, 0.1) is 24.0 Å². The molecule has 1 aromatic heterocycles. The molecule has 0 aliphatic rings. The molecule has 0 bridgehead atoms. The first-order chi connectivity index (χ1) is 8.69. The maximum Gasteiger partial charge on any atom is 0.431 e. The third-order valence-electron chi connectivity index (χ3n) is 2.11. The fourth-order valence-electron chi connectivity index (χ4n) is 1.32. The lowest BCUT2D eigenvalue weighted by atomic mass is 10.3. The van der Waals surface area contributed by atoms with Gasteiger partial charge in [-0.25, -0.2) is 9.78 Å². The molecule has 2 rings (SSSR count). The molecule has 0 radical (unpaired) electrons. The van der Waals surface area contributed by atoms with Crippen LogP contribution in [-0.4, -0.2) is 39.4 Å². The van der Waals surface area contributed by atoms with Crippen LogP contribution in [-0.2, 0) is 4.84 Å². The van der Waals surface area contributed by atoms with Gasteiger partial charge >= 0.3 is 6.09 Å². The first-order valence-corrected chi connectivity index (χ1v) is 5.70. The standard InChI is InChI=1S/C7H6N2.C5H11NO3/c1-2-4-7-6(3-1)8-5-9-7;1-3-6(5(7)8)9-4-2/h1-5H,(H,8,9);3-4H2,1-2H3,(H,7,8). The molecular formula is C12H17N3O3. The lowest BCUT2D eigenvalue weighted by molar-refractivity contribution is -0.122. The number of rotatable bonds is 3. The largest absolute Gasteiger partial charge is 0.463 e. The predicted molar refractivity (Wildman–Crippen MR) is 68.1 cm³/mol. The van der Waals surface area contributed by atoms with Crippen molar-refractivity contribution in [1.29, 1.82) is 0 Å². The zero-order valence-corrected chi connectivity index (χ0v) is 10.5. The zero-order valence-electron chi connectivity index (χ0n) is 10.5. The number of fused-ring (bicyclic) bond motifs is 1. The molecule has 0 fully saturated rings. The number of hydrogen-bond donors (Lipinski definition) is 2. The number of H-pyrrole nitrogens is 1. The van der Waals surface area contributed by atoms with Gasteiger partial charge in [0.15, 0.2) is 0 Å². The van der Waals surface area contributed by atoms with Crippen LogP contribution in [0.25, 0.3) is 11.0 Å². The van der Waals surface area contributed by atoms with E-state index in [-0.39, 0.29) is 0 Å². The van der Waals surface area contributed by atoms with Gasteiger partial charge in [0.1, 0.15) is 0 Å². The van der Waals surface area contributed by atoms with Crippen LogP contribution in [0.2, 0.25) is 0 Å². The quantitative estimate of drug-likeness (QED) is 0.821. The number of nitrogens with one attached hydrogen (secondary N) is 1. The van der Waals surface area contributed by atoms with Gasteiger partial charge in [0.25, 0.3) is 0 Å². The number of aromatic nitrogens is 2. The van der Waals surface area contributed by atoms with E-state index in [1.54, 1.807) is 20.2 Å². The van der Waals surface area contributed by atoms with Crippen molar-refractivity contribution < 1.29 is 14.7 Å². The van der Waals surface area contributed by atoms with Crippen molar-refractivity contribution in [1.82, 2.24) is 15.0 Å². The Bertz CT molecular complexity index is 454. The van der Waals surface area contributed by atoms with Gasteiger partial charge in [0, 0.05) is 6.54 Å². The van der Waals surface area contributed by atoms with Crippen LogP contribution in [0.1, 0.15) is 13.8 Å². The second-order valence-corrected chi connectivity index (χ2v) is 3.31. The van der Waals surface area contributed by atoms with Gasteiger partial charge in [-0.1, -0.05) is 12.1 Å². The number of nitrogens with zero attached hydrogens (tertiary/aromatic N) is 2. The van der Waals surface area contributed by atoms with E-state index in [1.807, 2.05) is 24.3 Å². The molecule has 0 aliphatic heterocycles. The van der Waals surface area contributed by atoms with E-state index < -0.39 is 6.09 Å². The van der Waals surface area contributed by atoms with Crippen molar-refractivity contribution in [3.63, 3.8) is 0 Å². The van der Waals surface area contributed by atoms with Gasteiger partial charge < -0.3 is 10.1 Å². The molecule has 6 heteroatoms. The van der Waals surface area contributed by atoms with Crippen molar-refractivity contribution in [2.24, 2.45) is 0 Å². The highest BCUT2D eigenvalue weighted by atomic mass is 16.7. The van der Waals surface area contributed by atoms with Crippen molar-refractivity contribution in [3.8, 4) is 0 Å². The molecule has 6 nitrogen and oxygen atoms in total. The minimum absolute atomic E-state index is 0.364. The van der Waals surface area contributed by atoms with Crippen molar-refractivity contribution in [2.45, 2.75) is 13.8 Å². The topological polar surface area (TPSA) is 78.5 Å². The van der Waals surface area contributed by atoms with E-state index in [2.05, 4.69) is 14.8 Å². The van der Waals surface area contributed by atoms with Gasteiger partial charge in [-0.05, 0) is 26.0 Å². The number of carboxylic acid groups (broad SMARTS) is 1. The van der Waals surface area contributed by atoms with Crippen molar-refractivity contribution in [2.75, 3.05) is 13.2 Å². The van der Waals surface area contributed by atoms with Crippen molar-refractivity contribution >= 4 is 17.1 Å². The molecule has 0 saturated heterocycles. The highest BCUT2D eigenvalue weighted by Crippen LogP contribution is 2.05. The Morgan fingerprint density at radius 2 is 2.17 bits per heavy atom. The Hall–Kier alpha value is -2.08. The van der Waals surface area contributed by atoms with Crippen LogP contribution >= 0.6 is 0 Å². The molecule has 1 aromatic carbocycles. The summed E-state index contributed by atoms with van der Waals surface area (Å²) in [4.78, 5) is 21.9. The first-order valence-electron chi connectivity index (χ1n) is 5.70. The average Bonchev–Trinajstić information content (AvgIpc) is 2.84. The zero-order chi connectivity index (χ0) is 13.4. The molecule has 0 aliphatic carbocycles. The number of benzene rings is 1. The molecule has 2 N–H and O–H groups in total. The highest BCUT2D eigenvalue weighted by Gasteiger charge is 2.06. The maximum atomic E-state index is 10.1. The number of amides is 1. The van der Waals surface area contributed by atoms with Crippen LogP contribution in [0, 0.1) is 0 Å². The van der Waals surface area contributed by atoms with Crippen LogP contribution < -0.4 is 0 Å². The Morgan fingerprint density at radius 3 is 2.67 bits per heavy atom. The molecule has 0 spiro atoms. The molecule has 18 heavy (non-hydrogen) atoms. The van der Waals surface area contributed by atoms with Gasteiger partial charge in [-0.2, -0.15) is 5.06 Å². The molecule has 0 unspecified atom stereocenters. The second-order valence-electron chi connectivity index (χ2n) is 3.31. The summed E-state index contributed by atoms with van der Waals surface area (Å²) < 4.78 is 0.